The number of hydrogen-bond donors (Lipinski definition) is 0. The molecule has 0 heterocycles. The van der Waals surface area contributed by atoms with Gasteiger partial charge >= 0.3 is 17.9 Å². The molecule has 338 valence electrons. The molecule has 0 aliphatic rings. The predicted molar refractivity (Wildman–Crippen MR) is 243 cm³/mol. The van der Waals surface area contributed by atoms with Gasteiger partial charge in [0.2, 0.25) is 0 Å². The molecule has 0 aromatic rings. The van der Waals surface area contributed by atoms with E-state index in [0.717, 1.165) is 63.7 Å². The largest absolute Gasteiger partial charge is 0.462 e. The number of ether oxygens (including phenoxy) is 3. The third-order valence-electron chi connectivity index (χ3n) is 11.5. The SMILES string of the molecule is CCCCCCCCCCCCCCCCCC(=O)OC[C@@H](COC(=O)CCCCCCCCC)OC(=O)CCCCCCCCCCCCCCCCC(C)C. The molecule has 0 saturated heterocycles. The molecule has 0 spiro atoms. The van der Waals surface area contributed by atoms with Crippen LogP contribution in [-0.2, 0) is 28.6 Å². The molecule has 0 saturated carbocycles. The van der Waals surface area contributed by atoms with Crippen molar-refractivity contribution >= 4 is 17.9 Å². The predicted octanol–water partition coefficient (Wildman–Crippen LogP) is 16.3. The zero-order valence-corrected chi connectivity index (χ0v) is 38.8. The molecule has 0 rings (SSSR count). The topological polar surface area (TPSA) is 78.9 Å². The van der Waals surface area contributed by atoms with Gasteiger partial charge < -0.3 is 14.2 Å². The normalized spacial score (nSPS) is 11.9. The van der Waals surface area contributed by atoms with Crippen molar-refractivity contribution in [1.29, 1.82) is 0 Å². The highest BCUT2D eigenvalue weighted by Gasteiger charge is 2.19. The van der Waals surface area contributed by atoms with Gasteiger partial charge in [-0.3, -0.25) is 14.4 Å². The van der Waals surface area contributed by atoms with Crippen molar-refractivity contribution in [1.82, 2.24) is 0 Å². The van der Waals surface area contributed by atoms with Gasteiger partial charge in [-0.05, 0) is 25.2 Å². The van der Waals surface area contributed by atoms with Crippen LogP contribution in [0.1, 0.15) is 285 Å². The van der Waals surface area contributed by atoms with Gasteiger partial charge in [-0.15, -0.1) is 0 Å². The first kappa shape index (κ1) is 55.4. The fourth-order valence-electron chi connectivity index (χ4n) is 7.69. The molecule has 0 N–H and O–H groups in total. The van der Waals surface area contributed by atoms with Gasteiger partial charge in [0, 0.05) is 19.3 Å². The Morgan fingerprint density at radius 1 is 0.333 bits per heavy atom. The van der Waals surface area contributed by atoms with Crippen LogP contribution in [0.25, 0.3) is 0 Å². The highest BCUT2D eigenvalue weighted by Crippen LogP contribution is 2.17. The van der Waals surface area contributed by atoms with E-state index in [0.29, 0.717) is 19.3 Å². The Labute approximate surface area is 355 Å². The van der Waals surface area contributed by atoms with Gasteiger partial charge in [0.25, 0.3) is 0 Å². The maximum absolute atomic E-state index is 12.7. The van der Waals surface area contributed by atoms with Crippen molar-refractivity contribution in [2.75, 3.05) is 13.2 Å². The molecule has 0 amide bonds. The summed E-state index contributed by atoms with van der Waals surface area (Å²) in [5, 5.41) is 0. The third kappa shape index (κ3) is 45.3. The first-order valence-electron chi connectivity index (χ1n) is 25.4. The molecular weight excluding hydrogens is 709 g/mol. The second-order valence-electron chi connectivity index (χ2n) is 17.9. The lowest BCUT2D eigenvalue weighted by Gasteiger charge is -2.18. The van der Waals surface area contributed by atoms with Crippen LogP contribution >= 0.6 is 0 Å². The summed E-state index contributed by atoms with van der Waals surface area (Å²) in [4.78, 5) is 37.7. The van der Waals surface area contributed by atoms with E-state index in [9.17, 15) is 14.4 Å². The first-order valence-corrected chi connectivity index (χ1v) is 25.4. The van der Waals surface area contributed by atoms with Crippen LogP contribution in [0.15, 0.2) is 0 Å². The van der Waals surface area contributed by atoms with Crippen LogP contribution in [0.3, 0.4) is 0 Å². The number of esters is 3. The van der Waals surface area contributed by atoms with E-state index < -0.39 is 6.10 Å². The molecule has 0 radical (unpaired) electrons. The Kier molecular flexibility index (Phi) is 44.2. The van der Waals surface area contributed by atoms with E-state index in [2.05, 4.69) is 27.7 Å². The zero-order chi connectivity index (χ0) is 41.7. The summed E-state index contributed by atoms with van der Waals surface area (Å²) in [7, 11) is 0. The lowest BCUT2D eigenvalue weighted by atomic mass is 10.0. The number of carbonyl (C=O) groups excluding carboxylic acids is 3. The standard InChI is InChI=1S/C51H98O6/c1-5-7-9-11-13-14-15-16-17-21-24-27-31-35-39-43-50(53)56-46-48(45-55-49(52)42-38-34-29-12-10-8-6-2)57-51(54)44-40-36-32-28-25-22-19-18-20-23-26-30-33-37-41-47(3)4/h47-48H,5-46H2,1-4H3/t48-/m1/s1. The minimum absolute atomic E-state index is 0.0632. The summed E-state index contributed by atoms with van der Waals surface area (Å²) >= 11 is 0. The van der Waals surface area contributed by atoms with Crippen molar-refractivity contribution in [3.05, 3.63) is 0 Å². The van der Waals surface area contributed by atoms with Crippen LogP contribution in [0.4, 0.5) is 0 Å². The van der Waals surface area contributed by atoms with Crippen LogP contribution in [-0.4, -0.2) is 37.2 Å². The Hall–Kier alpha value is -1.59. The maximum Gasteiger partial charge on any atom is 0.306 e. The van der Waals surface area contributed by atoms with Crippen molar-refractivity contribution in [2.45, 2.75) is 291 Å². The third-order valence-corrected chi connectivity index (χ3v) is 11.5. The Balaban J connectivity index is 4.20. The molecule has 0 fully saturated rings. The lowest BCUT2D eigenvalue weighted by Crippen LogP contribution is -2.30. The fourth-order valence-corrected chi connectivity index (χ4v) is 7.69. The van der Waals surface area contributed by atoms with Gasteiger partial charge in [-0.2, -0.15) is 0 Å². The average molecular weight is 807 g/mol. The van der Waals surface area contributed by atoms with Gasteiger partial charge in [0.05, 0.1) is 0 Å². The summed E-state index contributed by atoms with van der Waals surface area (Å²) in [6.45, 7) is 9.00. The van der Waals surface area contributed by atoms with E-state index in [1.54, 1.807) is 0 Å². The molecule has 57 heavy (non-hydrogen) atoms. The molecule has 1 atom stereocenters. The zero-order valence-electron chi connectivity index (χ0n) is 38.8. The molecule has 0 aliphatic carbocycles. The quantitative estimate of drug-likeness (QED) is 0.0346. The Morgan fingerprint density at radius 2 is 0.579 bits per heavy atom. The van der Waals surface area contributed by atoms with E-state index >= 15 is 0 Å². The fraction of sp³-hybridized carbons (Fsp3) is 0.941. The van der Waals surface area contributed by atoms with Gasteiger partial charge in [-0.1, -0.05) is 246 Å². The van der Waals surface area contributed by atoms with Crippen molar-refractivity contribution in [2.24, 2.45) is 5.92 Å². The maximum atomic E-state index is 12.7. The minimum Gasteiger partial charge on any atom is -0.462 e. The number of carbonyl (C=O) groups is 3. The number of rotatable bonds is 46. The van der Waals surface area contributed by atoms with Gasteiger partial charge in [0.15, 0.2) is 6.10 Å². The lowest BCUT2D eigenvalue weighted by molar-refractivity contribution is -0.167. The smallest absolute Gasteiger partial charge is 0.306 e. The second-order valence-corrected chi connectivity index (χ2v) is 17.9. The molecule has 0 aromatic carbocycles. The van der Waals surface area contributed by atoms with E-state index in [1.165, 1.54) is 180 Å². The highest BCUT2D eigenvalue weighted by atomic mass is 16.6. The molecule has 0 unspecified atom stereocenters. The van der Waals surface area contributed by atoms with Crippen LogP contribution in [0, 0.1) is 5.92 Å². The van der Waals surface area contributed by atoms with Crippen molar-refractivity contribution < 1.29 is 28.6 Å². The summed E-state index contributed by atoms with van der Waals surface area (Å²) in [6, 6.07) is 0. The van der Waals surface area contributed by atoms with Crippen LogP contribution in [0.5, 0.6) is 0 Å². The molecule has 6 nitrogen and oxygen atoms in total. The van der Waals surface area contributed by atoms with Gasteiger partial charge in [-0.25, -0.2) is 0 Å². The minimum atomic E-state index is -0.759. The summed E-state index contributed by atoms with van der Waals surface area (Å²) < 4.78 is 16.7. The molecular formula is C51H98O6. The van der Waals surface area contributed by atoms with Crippen LogP contribution in [0.2, 0.25) is 0 Å². The summed E-state index contributed by atoms with van der Waals surface area (Å²) in [5.74, 6) is -0.00854. The van der Waals surface area contributed by atoms with Gasteiger partial charge in [0.1, 0.15) is 13.2 Å². The first-order chi connectivity index (χ1) is 27.9. The number of unbranched alkanes of at least 4 members (excludes halogenated alkanes) is 33. The van der Waals surface area contributed by atoms with E-state index in [-0.39, 0.29) is 31.1 Å². The molecule has 0 aromatic heterocycles. The molecule has 6 heteroatoms. The summed E-state index contributed by atoms with van der Waals surface area (Å²) in [5.41, 5.74) is 0. The Bertz CT molecular complexity index is 857. The van der Waals surface area contributed by atoms with Crippen molar-refractivity contribution in [3.63, 3.8) is 0 Å². The average Bonchev–Trinajstić information content (AvgIpc) is 3.19. The van der Waals surface area contributed by atoms with Crippen molar-refractivity contribution in [3.8, 4) is 0 Å². The molecule has 0 bridgehead atoms. The number of hydrogen-bond acceptors (Lipinski definition) is 6. The van der Waals surface area contributed by atoms with E-state index in [1.807, 2.05) is 0 Å². The van der Waals surface area contributed by atoms with E-state index in [4.69, 9.17) is 14.2 Å². The second kappa shape index (κ2) is 45.5. The monoisotopic (exact) mass is 807 g/mol. The summed E-state index contributed by atoms with van der Waals surface area (Å²) in [6.07, 6.45) is 46.7. The van der Waals surface area contributed by atoms with Crippen LogP contribution < -0.4 is 0 Å². The Morgan fingerprint density at radius 3 is 0.860 bits per heavy atom. The molecule has 0 aliphatic heterocycles. The highest BCUT2D eigenvalue weighted by molar-refractivity contribution is 5.71.